The van der Waals surface area contributed by atoms with Crippen LogP contribution in [-0.2, 0) is 24.0 Å². The molecule has 0 bridgehead atoms. The molecule has 0 fully saturated rings. The highest BCUT2D eigenvalue weighted by Crippen LogP contribution is 2.23. The Balaban J connectivity index is 2.32. The normalized spacial score (nSPS) is 12.2. The van der Waals surface area contributed by atoms with Gasteiger partial charge in [-0.3, -0.25) is 24.0 Å². The average Bonchev–Trinajstić information content (AvgIpc) is 3.00. The summed E-state index contributed by atoms with van der Waals surface area (Å²) in [5.74, 6) is -1.86. The molecule has 10 heteroatoms. The van der Waals surface area contributed by atoms with E-state index in [9.17, 15) is 24.0 Å². The van der Waals surface area contributed by atoms with Crippen molar-refractivity contribution in [3.8, 4) is 0 Å². The smallest absolute Gasteiger partial charge is 0.243 e. The van der Waals surface area contributed by atoms with Gasteiger partial charge in [-0.2, -0.15) is 0 Å². The van der Waals surface area contributed by atoms with Crippen LogP contribution in [0.4, 0.5) is 0 Å². The molecule has 0 saturated heterocycles. The summed E-state index contributed by atoms with van der Waals surface area (Å²) in [4.78, 5) is 68.8. The van der Waals surface area contributed by atoms with Gasteiger partial charge in [0.05, 0.1) is 25.2 Å². The van der Waals surface area contributed by atoms with Crippen molar-refractivity contribution in [1.29, 1.82) is 0 Å². The van der Waals surface area contributed by atoms with Crippen LogP contribution < -0.4 is 11.5 Å². The lowest BCUT2D eigenvalue weighted by Gasteiger charge is -2.34. The summed E-state index contributed by atoms with van der Waals surface area (Å²) in [6.07, 6.45) is 1.63. The van der Waals surface area contributed by atoms with E-state index in [1.165, 1.54) is 14.7 Å². The standard InChI is InChI=1S/C32H45N5O5/c1-4-28(38)17-18-30(40)37(25(3)27-15-9-6-10-16-27)23-31(41)35(20-12-11-19-33)22-32(42)36(21-29(34)39)24(2)26-13-7-5-8-14-26/h5-10,13-16,24-25H,4,11-12,17-23,33H2,1-3H3,(H2,34,39)/t24-,25-/m0/s1. The van der Waals surface area contributed by atoms with E-state index in [1.807, 2.05) is 67.6 Å². The van der Waals surface area contributed by atoms with Crippen LogP contribution >= 0.6 is 0 Å². The fraction of sp³-hybridized carbons (Fsp3) is 0.469. The molecule has 4 N–H and O–H groups in total. The van der Waals surface area contributed by atoms with Gasteiger partial charge >= 0.3 is 0 Å². The van der Waals surface area contributed by atoms with Crippen LogP contribution in [0, 0.1) is 0 Å². The minimum Gasteiger partial charge on any atom is -0.368 e. The summed E-state index contributed by atoms with van der Waals surface area (Å²) in [6.45, 7) is 5.20. The first-order valence-electron chi connectivity index (χ1n) is 14.6. The highest BCUT2D eigenvalue weighted by atomic mass is 16.2. The van der Waals surface area contributed by atoms with Gasteiger partial charge in [0, 0.05) is 25.8 Å². The zero-order valence-electron chi connectivity index (χ0n) is 25.0. The monoisotopic (exact) mass is 579 g/mol. The number of unbranched alkanes of at least 4 members (excludes halogenated alkanes) is 1. The van der Waals surface area contributed by atoms with E-state index >= 15 is 0 Å². The highest BCUT2D eigenvalue weighted by molar-refractivity contribution is 5.91. The Morgan fingerprint density at radius 2 is 1.21 bits per heavy atom. The molecule has 0 aliphatic rings. The summed E-state index contributed by atoms with van der Waals surface area (Å²) in [6, 6.07) is 17.7. The predicted molar refractivity (Wildman–Crippen MR) is 162 cm³/mol. The van der Waals surface area contributed by atoms with Gasteiger partial charge in [0.15, 0.2) is 0 Å². The first kappa shape index (κ1) is 34.2. The number of Topliss-reactive ketones (excluding diaryl/α,β-unsaturated/α-hetero) is 1. The number of benzene rings is 2. The number of carbonyl (C=O) groups excluding carboxylic acids is 5. The van der Waals surface area contributed by atoms with Gasteiger partial charge in [-0.25, -0.2) is 0 Å². The van der Waals surface area contributed by atoms with Crippen LogP contribution in [0.1, 0.15) is 76.1 Å². The van der Waals surface area contributed by atoms with E-state index in [-0.39, 0.29) is 50.7 Å². The van der Waals surface area contributed by atoms with Gasteiger partial charge in [0.25, 0.3) is 0 Å². The Kier molecular flexibility index (Phi) is 14.4. The molecule has 42 heavy (non-hydrogen) atoms. The van der Waals surface area contributed by atoms with Crippen molar-refractivity contribution in [2.75, 3.05) is 32.7 Å². The molecule has 0 aliphatic carbocycles. The molecule has 2 atom stereocenters. The molecule has 2 aromatic rings. The Morgan fingerprint density at radius 1 is 0.690 bits per heavy atom. The lowest BCUT2D eigenvalue weighted by Crippen LogP contribution is -2.50. The van der Waals surface area contributed by atoms with E-state index in [0.717, 1.165) is 11.1 Å². The molecule has 0 unspecified atom stereocenters. The third-order valence-electron chi connectivity index (χ3n) is 7.34. The zero-order chi connectivity index (χ0) is 31.1. The SMILES string of the molecule is CCC(=O)CCC(=O)N(CC(=O)N(CCCCN)CC(=O)N(CC(N)=O)[C@@H](C)c1ccccc1)[C@@H](C)c1ccccc1. The topological polar surface area (TPSA) is 147 Å². The summed E-state index contributed by atoms with van der Waals surface area (Å²) in [5, 5.41) is 0. The van der Waals surface area contributed by atoms with Gasteiger partial charge in [0.1, 0.15) is 12.3 Å². The van der Waals surface area contributed by atoms with Crippen LogP contribution in [-0.4, -0.2) is 76.8 Å². The third-order valence-corrected chi connectivity index (χ3v) is 7.34. The largest absolute Gasteiger partial charge is 0.368 e. The Morgan fingerprint density at radius 3 is 1.69 bits per heavy atom. The van der Waals surface area contributed by atoms with Crippen molar-refractivity contribution in [3.05, 3.63) is 71.8 Å². The van der Waals surface area contributed by atoms with E-state index in [2.05, 4.69) is 0 Å². The Hall–Kier alpha value is -4.05. The molecule has 0 aliphatic heterocycles. The maximum Gasteiger partial charge on any atom is 0.243 e. The minimum absolute atomic E-state index is 0.00971. The second-order valence-electron chi connectivity index (χ2n) is 10.4. The van der Waals surface area contributed by atoms with E-state index in [1.54, 1.807) is 13.8 Å². The molecular weight excluding hydrogens is 534 g/mol. The average molecular weight is 580 g/mol. The van der Waals surface area contributed by atoms with Crippen LogP contribution in [0.5, 0.6) is 0 Å². The van der Waals surface area contributed by atoms with E-state index in [0.29, 0.717) is 25.8 Å². The molecule has 0 heterocycles. The van der Waals surface area contributed by atoms with Crippen LogP contribution in [0.3, 0.4) is 0 Å². The van der Waals surface area contributed by atoms with Crippen LogP contribution in [0.2, 0.25) is 0 Å². The Labute approximate surface area is 249 Å². The van der Waals surface area contributed by atoms with Crippen molar-refractivity contribution < 1.29 is 24.0 Å². The fourth-order valence-electron chi connectivity index (χ4n) is 4.68. The van der Waals surface area contributed by atoms with Crippen molar-refractivity contribution in [1.82, 2.24) is 14.7 Å². The van der Waals surface area contributed by atoms with E-state index < -0.39 is 29.8 Å². The van der Waals surface area contributed by atoms with Gasteiger partial charge in [-0.1, -0.05) is 67.6 Å². The zero-order valence-corrected chi connectivity index (χ0v) is 25.0. The van der Waals surface area contributed by atoms with Gasteiger partial charge < -0.3 is 26.2 Å². The van der Waals surface area contributed by atoms with Crippen molar-refractivity contribution in [2.45, 2.75) is 65.0 Å². The third kappa shape index (κ3) is 10.7. The maximum atomic E-state index is 13.8. The van der Waals surface area contributed by atoms with Crippen LogP contribution in [0.15, 0.2) is 60.7 Å². The van der Waals surface area contributed by atoms with Crippen molar-refractivity contribution in [3.63, 3.8) is 0 Å². The number of hydrogen-bond acceptors (Lipinski definition) is 6. The number of primary amides is 1. The second kappa shape index (κ2) is 17.7. The number of carbonyl (C=O) groups is 5. The van der Waals surface area contributed by atoms with Crippen LogP contribution in [0.25, 0.3) is 0 Å². The Bertz CT molecular complexity index is 1170. The molecule has 4 amide bonds. The quantitative estimate of drug-likeness (QED) is 0.260. The molecule has 0 spiro atoms. The lowest BCUT2D eigenvalue weighted by atomic mass is 10.1. The molecule has 0 saturated carbocycles. The number of rotatable bonds is 18. The van der Waals surface area contributed by atoms with Gasteiger partial charge in [-0.05, 0) is 44.4 Å². The first-order chi connectivity index (χ1) is 20.1. The number of hydrogen-bond donors (Lipinski definition) is 2. The number of nitrogens with two attached hydrogens (primary N) is 2. The molecule has 228 valence electrons. The van der Waals surface area contributed by atoms with Gasteiger partial charge in [-0.15, -0.1) is 0 Å². The predicted octanol–water partition coefficient (Wildman–Crippen LogP) is 2.98. The molecule has 0 radical (unpaired) electrons. The number of nitrogens with zero attached hydrogens (tertiary/aromatic N) is 3. The summed E-state index contributed by atoms with van der Waals surface area (Å²) in [5.41, 5.74) is 12.8. The lowest BCUT2D eigenvalue weighted by molar-refractivity contribution is -0.147. The summed E-state index contributed by atoms with van der Waals surface area (Å²) >= 11 is 0. The number of ketones is 1. The molecule has 10 nitrogen and oxygen atoms in total. The second-order valence-corrected chi connectivity index (χ2v) is 10.4. The maximum absolute atomic E-state index is 13.8. The highest BCUT2D eigenvalue weighted by Gasteiger charge is 2.30. The summed E-state index contributed by atoms with van der Waals surface area (Å²) in [7, 11) is 0. The molecule has 0 aromatic heterocycles. The van der Waals surface area contributed by atoms with Gasteiger partial charge in [0.2, 0.25) is 23.6 Å². The minimum atomic E-state index is -0.665. The van der Waals surface area contributed by atoms with Crippen molar-refractivity contribution >= 4 is 29.4 Å². The molecular formula is C32H45N5O5. The van der Waals surface area contributed by atoms with E-state index in [4.69, 9.17) is 11.5 Å². The molecule has 2 aromatic carbocycles. The van der Waals surface area contributed by atoms with Crippen molar-refractivity contribution in [2.24, 2.45) is 11.5 Å². The first-order valence-corrected chi connectivity index (χ1v) is 14.6. The number of amides is 4. The molecule has 2 rings (SSSR count). The summed E-state index contributed by atoms with van der Waals surface area (Å²) < 4.78 is 0. The fourth-order valence-corrected chi connectivity index (χ4v) is 4.68.